The average molecular weight is 1340 g/mol. The number of pyridine rings is 6. The van der Waals surface area contributed by atoms with E-state index >= 15 is 0 Å². The minimum Gasteiger partial charge on any atom is -0.264 e. The predicted molar refractivity (Wildman–Crippen MR) is 426 cm³/mol. The molecule has 6 heteroatoms. The maximum Gasteiger partial charge on any atom is 0.0463 e. The predicted octanol–water partition coefficient (Wildman–Crippen LogP) is 24.3. The lowest BCUT2D eigenvalue weighted by Gasteiger charge is -2.21. The van der Waals surface area contributed by atoms with Gasteiger partial charge in [-0.05, 0) is 363 Å². The molecule has 0 radical (unpaired) electrons. The zero-order chi connectivity index (χ0) is 71.2. The second-order valence-corrected chi connectivity index (χ2v) is 32.5. The summed E-state index contributed by atoms with van der Waals surface area (Å²) >= 11 is 0. The van der Waals surface area contributed by atoms with Gasteiger partial charge in [0.2, 0.25) is 0 Å². The minimum atomic E-state index is 0.577. The number of aromatic nitrogens is 6. The summed E-state index contributed by atoms with van der Waals surface area (Å²) in [5, 5.41) is 0. The van der Waals surface area contributed by atoms with Crippen LogP contribution in [-0.4, -0.2) is 29.9 Å². The summed E-state index contributed by atoms with van der Waals surface area (Å²) in [5.74, 6) is 5.10. The van der Waals surface area contributed by atoms with Crippen molar-refractivity contribution in [3.8, 4) is 0 Å². The number of nitrogens with zero attached hydrogens (tertiary/aromatic N) is 6. The Bertz CT molecular complexity index is 3360. The molecule has 0 bridgehead atoms. The molecule has 0 saturated carbocycles. The molecule has 0 unspecified atom stereocenters. The van der Waals surface area contributed by atoms with Crippen LogP contribution in [-0.2, 0) is 103 Å². The number of benzene rings is 2. The van der Waals surface area contributed by atoms with Gasteiger partial charge in [0.1, 0.15) is 0 Å². The monoisotopic (exact) mass is 1340 g/mol. The SMILES string of the molecule is CC(C)c1cccc2c1CCC2.CC(C)c1cccc2c1CCCC2.CC(C)c1ccnc2c1CCC2.CC(C)c1ccnc2c1CCCC2.CC(C)c1cncc2c1CCC2.CC(C)c1cncc2c1CCCC2.CC(C)c1nccc2c1CCC2.CC(C)c1nccc2c1CCCC2. The van der Waals surface area contributed by atoms with Crippen LogP contribution in [0.1, 0.15) is 369 Å². The number of hydrogen-bond donors (Lipinski definition) is 0. The highest BCUT2D eigenvalue weighted by Gasteiger charge is 2.23. The van der Waals surface area contributed by atoms with Gasteiger partial charge in [0.05, 0.1) is 0 Å². The van der Waals surface area contributed by atoms with Crippen molar-refractivity contribution in [1.82, 2.24) is 29.9 Å². The van der Waals surface area contributed by atoms with Gasteiger partial charge in [0.25, 0.3) is 0 Å². The highest BCUT2D eigenvalue weighted by molar-refractivity contribution is 5.43. The van der Waals surface area contributed by atoms with Gasteiger partial charge in [0.15, 0.2) is 0 Å². The Labute approximate surface area is 608 Å². The smallest absolute Gasteiger partial charge is 0.0463 e. The summed E-state index contributed by atoms with van der Waals surface area (Å²) in [6.45, 7) is 36.1. The molecule has 0 N–H and O–H groups in total. The van der Waals surface area contributed by atoms with Crippen molar-refractivity contribution in [3.05, 3.63) is 244 Å². The number of rotatable bonds is 8. The molecule has 8 aliphatic carbocycles. The van der Waals surface area contributed by atoms with Crippen LogP contribution >= 0.6 is 0 Å². The third kappa shape index (κ3) is 20.8. The summed E-state index contributed by atoms with van der Waals surface area (Å²) in [5.41, 5.74) is 36.4. The Morgan fingerprint density at radius 1 is 0.210 bits per heavy atom. The summed E-state index contributed by atoms with van der Waals surface area (Å²) < 4.78 is 0. The summed E-state index contributed by atoms with van der Waals surface area (Å²) in [4.78, 5) is 26.4. The lowest BCUT2D eigenvalue weighted by Crippen LogP contribution is -2.09. The highest BCUT2D eigenvalue weighted by atomic mass is 14.7. The van der Waals surface area contributed by atoms with Crippen LogP contribution in [0.3, 0.4) is 0 Å². The zero-order valence-corrected chi connectivity index (χ0v) is 65.5. The van der Waals surface area contributed by atoms with Gasteiger partial charge in [-0.2, -0.15) is 0 Å². The van der Waals surface area contributed by atoms with E-state index in [0.29, 0.717) is 47.3 Å². The molecule has 6 aromatic heterocycles. The Morgan fingerprint density at radius 3 is 0.890 bits per heavy atom. The van der Waals surface area contributed by atoms with Crippen molar-refractivity contribution in [1.29, 1.82) is 0 Å². The molecule has 0 saturated heterocycles. The summed E-state index contributed by atoms with van der Waals surface area (Å²) in [6, 6.07) is 22.3. The molecule has 6 nitrogen and oxygen atoms in total. The first kappa shape index (κ1) is 77.5. The van der Waals surface area contributed by atoms with Crippen molar-refractivity contribution in [2.45, 2.75) is 338 Å². The first-order valence-electron chi connectivity index (χ1n) is 40.3. The quantitative estimate of drug-likeness (QED) is 0.151. The Morgan fingerprint density at radius 2 is 0.480 bits per heavy atom. The molecular formula is C94H130N6. The largest absolute Gasteiger partial charge is 0.264 e. The van der Waals surface area contributed by atoms with Gasteiger partial charge in [-0.15, -0.1) is 0 Å². The third-order valence-electron chi connectivity index (χ3n) is 22.5. The molecule has 0 atom stereocenters. The van der Waals surface area contributed by atoms with Gasteiger partial charge in [-0.25, -0.2) is 0 Å². The molecule has 0 fully saturated rings. The van der Waals surface area contributed by atoms with Gasteiger partial charge in [-0.1, -0.05) is 147 Å². The molecular weight excluding hydrogens is 1210 g/mol. The molecule has 536 valence electrons. The van der Waals surface area contributed by atoms with Gasteiger partial charge in [-0.3, -0.25) is 29.9 Å². The normalized spacial score (nSPS) is 15.6. The third-order valence-corrected chi connectivity index (χ3v) is 22.5. The van der Waals surface area contributed by atoms with Crippen LogP contribution in [0.2, 0.25) is 0 Å². The van der Waals surface area contributed by atoms with E-state index in [0.717, 1.165) is 0 Å². The highest BCUT2D eigenvalue weighted by Crippen LogP contribution is 2.35. The standard InChI is InChI=1S/C13H18.3C12H17N.C12H16.3C11H15N/c1-10(2)12-9-5-7-11-6-3-4-8-13(11)12;1-9(2)12-8-13-7-10-5-3-4-6-11(10)12;1-9(2)10-7-8-13-12-6-4-3-5-11(10)12;1-9(2)12-11-6-4-3-5-10(11)7-8-13-12;1-9(2)11-7-3-5-10-6-4-8-12(10)11;1-8(2)11-7-12-6-9-4-3-5-10(9)11;1-8(2)9-6-7-12-11-5-3-4-10(9)11;1-8(2)11-10-5-3-4-9(10)6-7-12-11/h5,7,9-10H,3-4,6,8H2,1-2H3;3*7-9H,3-6H2,1-2H3;3,5,7,9H,4,6,8H2,1-2H3;3*6-8H,3-5H2,1-2H3. The molecule has 8 aliphatic rings. The van der Waals surface area contributed by atoms with Crippen molar-refractivity contribution >= 4 is 0 Å². The fourth-order valence-electron chi connectivity index (χ4n) is 17.2. The van der Waals surface area contributed by atoms with Gasteiger partial charge >= 0.3 is 0 Å². The van der Waals surface area contributed by atoms with Gasteiger partial charge in [0, 0.05) is 72.4 Å². The molecule has 0 aliphatic heterocycles. The molecule has 0 amide bonds. The number of hydrogen-bond acceptors (Lipinski definition) is 6. The fourth-order valence-corrected chi connectivity index (χ4v) is 17.2. The van der Waals surface area contributed by atoms with E-state index in [9.17, 15) is 0 Å². The molecule has 8 aromatic rings. The van der Waals surface area contributed by atoms with Crippen molar-refractivity contribution in [2.24, 2.45) is 0 Å². The maximum absolute atomic E-state index is 4.49. The second kappa shape index (κ2) is 38.6. The Balaban J connectivity index is 0.000000133. The van der Waals surface area contributed by atoms with Crippen molar-refractivity contribution in [3.63, 3.8) is 0 Å². The average Bonchev–Trinajstić information content (AvgIpc) is 1.66. The van der Waals surface area contributed by atoms with Crippen molar-refractivity contribution < 1.29 is 0 Å². The van der Waals surface area contributed by atoms with Crippen LogP contribution in [0.25, 0.3) is 0 Å². The first-order chi connectivity index (χ1) is 48.3. The van der Waals surface area contributed by atoms with Crippen molar-refractivity contribution in [2.75, 3.05) is 0 Å². The Hall–Kier alpha value is -6.66. The van der Waals surface area contributed by atoms with Crippen LogP contribution in [0.4, 0.5) is 0 Å². The minimum absolute atomic E-state index is 0.577. The molecule has 6 heterocycles. The molecule has 0 spiro atoms. The maximum atomic E-state index is 4.49. The van der Waals surface area contributed by atoms with E-state index in [4.69, 9.17) is 0 Å². The first-order valence-corrected chi connectivity index (χ1v) is 40.3. The van der Waals surface area contributed by atoms with E-state index in [1.807, 2.05) is 37.2 Å². The number of aryl methyl sites for hydroxylation is 8. The molecule has 16 rings (SSSR count). The lowest BCUT2D eigenvalue weighted by molar-refractivity contribution is 0.653. The van der Waals surface area contributed by atoms with Crippen LogP contribution in [0, 0.1) is 0 Å². The van der Waals surface area contributed by atoms with E-state index in [1.165, 1.54) is 253 Å². The second-order valence-electron chi connectivity index (χ2n) is 32.5. The Kier molecular flexibility index (Phi) is 29.9. The van der Waals surface area contributed by atoms with Crippen LogP contribution < -0.4 is 0 Å². The van der Waals surface area contributed by atoms with E-state index in [-0.39, 0.29) is 0 Å². The number of fused-ring (bicyclic) bond motifs is 8. The van der Waals surface area contributed by atoms with E-state index in [1.54, 1.807) is 61.2 Å². The van der Waals surface area contributed by atoms with Gasteiger partial charge < -0.3 is 0 Å². The van der Waals surface area contributed by atoms with Crippen LogP contribution in [0.15, 0.2) is 110 Å². The summed E-state index contributed by atoms with van der Waals surface area (Å²) in [6.07, 6.45) is 52.3. The molecule has 2 aromatic carbocycles. The molecule has 100 heavy (non-hydrogen) atoms. The lowest BCUT2D eigenvalue weighted by atomic mass is 9.85. The fraction of sp³-hybridized carbons (Fsp3) is 0.553. The summed E-state index contributed by atoms with van der Waals surface area (Å²) in [7, 11) is 0. The zero-order valence-electron chi connectivity index (χ0n) is 65.5. The van der Waals surface area contributed by atoms with E-state index in [2.05, 4.69) is 214 Å². The van der Waals surface area contributed by atoms with E-state index < -0.39 is 0 Å². The topological polar surface area (TPSA) is 77.3 Å². The van der Waals surface area contributed by atoms with Crippen LogP contribution in [0.5, 0.6) is 0 Å².